The lowest BCUT2D eigenvalue weighted by atomic mass is 10.1. The molecule has 0 saturated heterocycles. The molecule has 31 heavy (non-hydrogen) atoms. The van der Waals surface area contributed by atoms with Crippen molar-refractivity contribution in [2.75, 3.05) is 6.61 Å². The van der Waals surface area contributed by atoms with Crippen LogP contribution >= 0.6 is 0 Å². The van der Waals surface area contributed by atoms with Gasteiger partial charge in [0.15, 0.2) is 17.3 Å². The first-order valence-electron chi connectivity index (χ1n) is 9.40. The van der Waals surface area contributed by atoms with Crippen molar-refractivity contribution in [2.45, 2.75) is 12.6 Å². The Labute approximate surface area is 175 Å². The van der Waals surface area contributed by atoms with E-state index in [2.05, 4.69) is 5.10 Å². The summed E-state index contributed by atoms with van der Waals surface area (Å²) in [4.78, 5) is 25.0. The normalized spacial score (nSPS) is 11.9. The van der Waals surface area contributed by atoms with Crippen molar-refractivity contribution in [3.63, 3.8) is 0 Å². The van der Waals surface area contributed by atoms with E-state index in [4.69, 9.17) is 9.47 Å². The number of pyridine rings is 1. The molecule has 7 nitrogen and oxygen atoms in total. The third kappa shape index (κ3) is 4.45. The predicted molar refractivity (Wildman–Crippen MR) is 107 cm³/mol. The van der Waals surface area contributed by atoms with Gasteiger partial charge in [-0.05, 0) is 24.3 Å². The largest absolute Gasteiger partial charge is 0.474 e. The van der Waals surface area contributed by atoms with Crippen LogP contribution < -0.4 is 10.4 Å². The minimum Gasteiger partial charge on any atom is -0.474 e. The molecule has 0 aliphatic heterocycles. The third-order valence-electron chi connectivity index (χ3n) is 4.50. The van der Waals surface area contributed by atoms with Crippen LogP contribution in [0, 0.1) is 11.6 Å². The van der Waals surface area contributed by atoms with Crippen LogP contribution in [-0.4, -0.2) is 26.8 Å². The topological polar surface area (TPSA) is 74.8 Å². The molecule has 0 aliphatic carbocycles. The molecule has 1 atom stereocenters. The summed E-state index contributed by atoms with van der Waals surface area (Å²) >= 11 is 0. The van der Waals surface area contributed by atoms with Gasteiger partial charge in [0.05, 0.1) is 6.54 Å². The Hall–Kier alpha value is -4.01. The molecule has 0 N–H and O–H groups in total. The first kappa shape index (κ1) is 20.3. The summed E-state index contributed by atoms with van der Waals surface area (Å²) in [6.07, 6.45) is 0.387. The van der Waals surface area contributed by atoms with Gasteiger partial charge in [0.2, 0.25) is 6.10 Å². The monoisotopic (exact) mass is 425 g/mol. The molecule has 0 aliphatic rings. The number of aromatic nitrogens is 3. The molecular formula is C22H17F2N3O4. The molecule has 0 saturated carbocycles. The van der Waals surface area contributed by atoms with Gasteiger partial charge in [-0.1, -0.05) is 36.4 Å². The number of hydrogen-bond acceptors (Lipinski definition) is 5. The highest BCUT2D eigenvalue weighted by Gasteiger charge is 2.25. The molecule has 1 unspecified atom stereocenters. The van der Waals surface area contributed by atoms with E-state index in [0.717, 1.165) is 12.1 Å². The fraction of sp³-hybridized carbons (Fsp3) is 0.136. The quantitative estimate of drug-likeness (QED) is 0.426. The minimum absolute atomic E-state index is 0.0266. The van der Waals surface area contributed by atoms with Crippen LogP contribution in [-0.2, 0) is 16.1 Å². The second-order valence-corrected chi connectivity index (χ2v) is 6.59. The number of fused-ring (bicyclic) bond motifs is 1. The number of halogens is 2. The maximum atomic E-state index is 13.5. The predicted octanol–water partition coefficient (Wildman–Crippen LogP) is 3.14. The molecule has 4 rings (SSSR count). The van der Waals surface area contributed by atoms with E-state index in [0.29, 0.717) is 11.2 Å². The zero-order valence-corrected chi connectivity index (χ0v) is 16.2. The smallest absolute Gasteiger partial charge is 0.352 e. The minimum atomic E-state index is -1.20. The van der Waals surface area contributed by atoms with Gasteiger partial charge in [0.1, 0.15) is 12.4 Å². The highest BCUT2D eigenvalue weighted by Crippen LogP contribution is 2.25. The Bertz CT molecular complexity index is 1270. The maximum Gasteiger partial charge on any atom is 0.352 e. The second-order valence-electron chi connectivity index (χ2n) is 6.59. The van der Waals surface area contributed by atoms with Gasteiger partial charge in [-0.25, -0.2) is 23.1 Å². The number of ether oxygens (including phenoxy) is 2. The number of nitrogens with zero attached hydrogens (tertiary/aromatic N) is 3. The fourth-order valence-corrected chi connectivity index (χ4v) is 2.99. The number of hydrogen-bond donors (Lipinski definition) is 0. The number of benzene rings is 2. The van der Waals surface area contributed by atoms with E-state index in [9.17, 15) is 18.4 Å². The molecule has 0 amide bonds. The summed E-state index contributed by atoms with van der Waals surface area (Å²) in [5.74, 6) is -2.89. The van der Waals surface area contributed by atoms with Crippen LogP contribution in [0.4, 0.5) is 8.78 Å². The molecular weight excluding hydrogens is 408 g/mol. The Morgan fingerprint density at radius 3 is 2.52 bits per heavy atom. The van der Waals surface area contributed by atoms with Gasteiger partial charge >= 0.3 is 11.7 Å². The average Bonchev–Trinajstić information content (AvgIpc) is 3.10. The number of rotatable bonds is 7. The summed E-state index contributed by atoms with van der Waals surface area (Å²) in [6.45, 7) is -0.0912. The van der Waals surface area contributed by atoms with Gasteiger partial charge in [-0.15, -0.1) is 5.10 Å². The highest BCUT2D eigenvalue weighted by atomic mass is 19.2. The van der Waals surface area contributed by atoms with Crippen LogP contribution in [0.5, 0.6) is 5.75 Å². The summed E-state index contributed by atoms with van der Waals surface area (Å²) in [7, 11) is 0. The van der Waals surface area contributed by atoms with E-state index in [1.807, 2.05) is 0 Å². The molecule has 4 aromatic rings. The number of esters is 1. The van der Waals surface area contributed by atoms with Crippen molar-refractivity contribution < 1.29 is 23.0 Å². The van der Waals surface area contributed by atoms with Crippen molar-refractivity contribution >= 4 is 11.6 Å². The maximum absolute atomic E-state index is 13.5. The zero-order chi connectivity index (χ0) is 21.8. The van der Waals surface area contributed by atoms with Gasteiger partial charge in [0, 0.05) is 17.8 Å². The standard InChI is InChI=1S/C22H17F2N3O4/c23-17-10-9-16(14-18(17)24)31-20(15-6-2-1-3-7-15)21(28)30-13-12-27-22(29)26-11-5-4-8-19(26)25-27/h1-11,14,20H,12-13H2. The Morgan fingerprint density at radius 1 is 1.00 bits per heavy atom. The Kier molecular flexibility index (Phi) is 5.74. The SMILES string of the molecule is O=C(OCCn1nc2ccccn2c1=O)C(Oc1ccc(F)c(F)c1)c1ccccc1. The first-order chi connectivity index (χ1) is 15.0. The van der Waals surface area contributed by atoms with Crippen LogP contribution in [0.25, 0.3) is 5.65 Å². The van der Waals surface area contributed by atoms with E-state index in [1.54, 1.807) is 54.7 Å². The molecule has 9 heteroatoms. The molecule has 0 radical (unpaired) electrons. The summed E-state index contributed by atoms with van der Waals surface area (Å²) in [5, 5.41) is 4.17. The van der Waals surface area contributed by atoms with Crippen molar-refractivity contribution in [3.05, 3.63) is 101 Å². The lowest BCUT2D eigenvalue weighted by molar-refractivity contribution is -0.152. The fourth-order valence-electron chi connectivity index (χ4n) is 2.99. The Balaban J connectivity index is 1.48. The molecule has 0 fully saturated rings. The van der Waals surface area contributed by atoms with Crippen LogP contribution in [0.2, 0.25) is 0 Å². The number of carbonyl (C=O) groups excluding carboxylic acids is 1. The molecule has 2 aromatic carbocycles. The van der Waals surface area contributed by atoms with E-state index in [1.165, 1.54) is 15.1 Å². The third-order valence-corrected chi connectivity index (χ3v) is 4.50. The van der Waals surface area contributed by atoms with Crippen molar-refractivity contribution in [1.29, 1.82) is 0 Å². The first-order valence-corrected chi connectivity index (χ1v) is 9.40. The van der Waals surface area contributed by atoms with E-state index >= 15 is 0 Å². The zero-order valence-electron chi connectivity index (χ0n) is 16.2. The van der Waals surface area contributed by atoms with E-state index in [-0.39, 0.29) is 24.6 Å². The van der Waals surface area contributed by atoms with Gasteiger partial charge in [-0.3, -0.25) is 4.40 Å². The van der Waals surface area contributed by atoms with Crippen LogP contribution in [0.1, 0.15) is 11.7 Å². The summed E-state index contributed by atoms with van der Waals surface area (Å²) in [6, 6.07) is 16.6. The molecule has 2 heterocycles. The molecule has 0 bridgehead atoms. The van der Waals surface area contributed by atoms with Gasteiger partial charge in [-0.2, -0.15) is 0 Å². The van der Waals surface area contributed by atoms with Crippen molar-refractivity contribution in [1.82, 2.24) is 14.2 Å². The van der Waals surface area contributed by atoms with Crippen molar-refractivity contribution in [3.8, 4) is 5.75 Å². The second kappa shape index (κ2) is 8.78. The lowest BCUT2D eigenvalue weighted by Gasteiger charge is -2.18. The van der Waals surface area contributed by atoms with E-state index < -0.39 is 23.7 Å². The summed E-state index contributed by atoms with van der Waals surface area (Å²) in [5.41, 5.74) is 0.592. The molecule has 2 aromatic heterocycles. The van der Waals surface area contributed by atoms with Gasteiger partial charge < -0.3 is 9.47 Å². The van der Waals surface area contributed by atoms with Crippen LogP contribution in [0.15, 0.2) is 77.7 Å². The Morgan fingerprint density at radius 2 is 1.77 bits per heavy atom. The lowest BCUT2D eigenvalue weighted by Crippen LogP contribution is -2.26. The number of carbonyl (C=O) groups is 1. The highest BCUT2D eigenvalue weighted by molar-refractivity contribution is 5.77. The summed E-state index contributed by atoms with van der Waals surface area (Å²) < 4.78 is 40.2. The molecule has 0 spiro atoms. The molecule has 158 valence electrons. The van der Waals surface area contributed by atoms with Crippen molar-refractivity contribution in [2.24, 2.45) is 0 Å². The van der Waals surface area contributed by atoms with Crippen LogP contribution in [0.3, 0.4) is 0 Å². The average molecular weight is 425 g/mol. The van der Waals surface area contributed by atoms with Gasteiger partial charge in [0.25, 0.3) is 0 Å².